The van der Waals surface area contributed by atoms with Crippen LogP contribution in [0.15, 0.2) is 52.5 Å². The summed E-state index contributed by atoms with van der Waals surface area (Å²) in [6.07, 6.45) is 2.18. The molecular weight excluding hydrogens is 334 g/mol. The minimum atomic E-state index is 0.0424. The number of carbonyl (C=O) groups excluding carboxylic acids is 1. The number of nitrogens with zero attached hydrogens (tertiary/aromatic N) is 1. The van der Waals surface area contributed by atoms with Gasteiger partial charge in [-0.1, -0.05) is 26.0 Å². The van der Waals surface area contributed by atoms with Crippen LogP contribution in [0.1, 0.15) is 26.0 Å². The van der Waals surface area contributed by atoms with E-state index < -0.39 is 0 Å². The van der Waals surface area contributed by atoms with Gasteiger partial charge in [0.25, 0.3) is 0 Å². The molecule has 3 rings (SSSR count). The Kier molecular flexibility index (Phi) is 5.50. The molecule has 0 saturated heterocycles. The van der Waals surface area contributed by atoms with Gasteiger partial charge in [-0.05, 0) is 30.2 Å². The van der Waals surface area contributed by atoms with Crippen LogP contribution in [0.5, 0.6) is 0 Å². The van der Waals surface area contributed by atoms with Crippen LogP contribution in [0.2, 0.25) is 0 Å². The summed E-state index contributed by atoms with van der Waals surface area (Å²) in [6.45, 7) is 4.67. The van der Waals surface area contributed by atoms with Crippen molar-refractivity contribution in [3.05, 3.63) is 53.8 Å². The molecule has 25 heavy (non-hydrogen) atoms. The molecule has 1 aromatic carbocycles. The van der Waals surface area contributed by atoms with Gasteiger partial charge in [-0.3, -0.25) is 4.79 Å². The molecule has 0 fully saturated rings. The number of carbonyl (C=O) groups is 1. The van der Waals surface area contributed by atoms with Crippen LogP contribution < -0.4 is 10.6 Å². The lowest BCUT2D eigenvalue weighted by Gasteiger charge is -2.07. The lowest BCUT2D eigenvalue weighted by molar-refractivity contribution is -0.116. The number of furan rings is 1. The molecule has 0 aliphatic heterocycles. The third-order valence-corrected chi connectivity index (χ3v) is 4.36. The first-order valence-corrected chi connectivity index (χ1v) is 9.10. The van der Waals surface area contributed by atoms with Crippen molar-refractivity contribution in [1.82, 2.24) is 4.98 Å². The molecule has 2 heterocycles. The summed E-state index contributed by atoms with van der Waals surface area (Å²) in [7, 11) is 0. The van der Waals surface area contributed by atoms with Gasteiger partial charge in [-0.2, -0.15) is 0 Å². The van der Waals surface area contributed by atoms with E-state index in [0.29, 0.717) is 18.9 Å². The van der Waals surface area contributed by atoms with Gasteiger partial charge in [0.05, 0.1) is 18.5 Å². The summed E-state index contributed by atoms with van der Waals surface area (Å²) in [5.74, 6) is 1.26. The Morgan fingerprint density at radius 2 is 2.04 bits per heavy atom. The van der Waals surface area contributed by atoms with Gasteiger partial charge >= 0.3 is 0 Å². The van der Waals surface area contributed by atoms with E-state index in [2.05, 4.69) is 15.6 Å². The van der Waals surface area contributed by atoms with Crippen molar-refractivity contribution >= 4 is 28.1 Å². The van der Waals surface area contributed by atoms with Crippen LogP contribution in [0, 0.1) is 5.92 Å². The molecule has 5 nitrogen and oxygen atoms in total. The standard InChI is InChI=1S/C19H21N3O2S/c1-13(2)10-18(23)21-15-7-5-14(6-8-15)17-12-25-19(22-17)20-11-16-4-3-9-24-16/h3-9,12-13H,10-11H2,1-2H3,(H,20,22)(H,21,23). The maximum atomic E-state index is 11.8. The number of hydrogen-bond donors (Lipinski definition) is 2. The van der Waals surface area contributed by atoms with Crippen molar-refractivity contribution < 1.29 is 9.21 Å². The lowest BCUT2D eigenvalue weighted by Crippen LogP contribution is -2.13. The predicted molar refractivity (Wildman–Crippen MR) is 102 cm³/mol. The second-order valence-corrected chi connectivity index (χ2v) is 7.05. The van der Waals surface area contributed by atoms with Crippen molar-refractivity contribution in [2.24, 2.45) is 5.92 Å². The van der Waals surface area contributed by atoms with Crippen LogP contribution in [0.25, 0.3) is 11.3 Å². The maximum Gasteiger partial charge on any atom is 0.224 e. The molecule has 1 amide bonds. The molecule has 0 aliphatic rings. The van der Waals surface area contributed by atoms with E-state index in [4.69, 9.17) is 4.42 Å². The Labute approximate surface area is 151 Å². The van der Waals surface area contributed by atoms with Crippen LogP contribution in [0.4, 0.5) is 10.8 Å². The van der Waals surface area contributed by atoms with Crippen LogP contribution in [-0.2, 0) is 11.3 Å². The molecule has 0 spiro atoms. The summed E-state index contributed by atoms with van der Waals surface area (Å²) < 4.78 is 5.30. The van der Waals surface area contributed by atoms with Crippen molar-refractivity contribution in [2.75, 3.05) is 10.6 Å². The average molecular weight is 355 g/mol. The normalized spacial score (nSPS) is 10.8. The minimum Gasteiger partial charge on any atom is -0.467 e. The van der Waals surface area contributed by atoms with E-state index >= 15 is 0 Å². The first kappa shape index (κ1) is 17.2. The molecule has 130 valence electrons. The number of aromatic nitrogens is 1. The zero-order valence-electron chi connectivity index (χ0n) is 14.3. The Hall–Kier alpha value is -2.60. The highest BCUT2D eigenvalue weighted by atomic mass is 32.1. The number of rotatable bonds is 7. The third kappa shape index (κ3) is 4.93. The summed E-state index contributed by atoms with van der Waals surface area (Å²) in [6, 6.07) is 11.5. The van der Waals surface area contributed by atoms with Gasteiger partial charge in [-0.15, -0.1) is 11.3 Å². The highest BCUT2D eigenvalue weighted by Gasteiger charge is 2.07. The molecule has 0 saturated carbocycles. The SMILES string of the molecule is CC(C)CC(=O)Nc1ccc(-c2csc(NCc3ccco3)n2)cc1. The van der Waals surface area contributed by atoms with Crippen LogP contribution in [-0.4, -0.2) is 10.9 Å². The van der Waals surface area contributed by atoms with Gasteiger partial charge in [0, 0.05) is 23.1 Å². The van der Waals surface area contributed by atoms with E-state index in [-0.39, 0.29) is 5.91 Å². The number of nitrogens with one attached hydrogen (secondary N) is 2. The van der Waals surface area contributed by atoms with E-state index in [1.165, 1.54) is 0 Å². The third-order valence-electron chi connectivity index (χ3n) is 3.56. The number of amides is 1. The predicted octanol–water partition coefficient (Wildman–Crippen LogP) is 5.00. The second-order valence-electron chi connectivity index (χ2n) is 6.19. The van der Waals surface area contributed by atoms with Crippen molar-refractivity contribution in [3.8, 4) is 11.3 Å². The monoisotopic (exact) mass is 355 g/mol. The number of hydrogen-bond acceptors (Lipinski definition) is 5. The molecular formula is C19H21N3O2S. The summed E-state index contributed by atoms with van der Waals surface area (Å²) >= 11 is 1.55. The van der Waals surface area contributed by atoms with E-state index in [1.54, 1.807) is 17.6 Å². The van der Waals surface area contributed by atoms with Gasteiger partial charge in [0.2, 0.25) is 5.91 Å². The van der Waals surface area contributed by atoms with Crippen molar-refractivity contribution in [2.45, 2.75) is 26.8 Å². The first-order chi connectivity index (χ1) is 12.1. The Morgan fingerprint density at radius 1 is 1.24 bits per heavy atom. The van der Waals surface area contributed by atoms with Crippen LogP contribution >= 0.6 is 11.3 Å². The molecule has 0 atom stereocenters. The first-order valence-electron chi connectivity index (χ1n) is 8.22. The Morgan fingerprint density at radius 3 is 2.72 bits per heavy atom. The van der Waals surface area contributed by atoms with E-state index in [0.717, 1.165) is 27.8 Å². The molecule has 0 unspecified atom stereocenters. The highest BCUT2D eigenvalue weighted by molar-refractivity contribution is 7.14. The second kappa shape index (κ2) is 7.98. The fraction of sp³-hybridized carbons (Fsp3) is 0.263. The van der Waals surface area contributed by atoms with Crippen molar-refractivity contribution in [1.29, 1.82) is 0 Å². The topological polar surface area (TPSA) is 67.2 Å². The van der Waals surface area contributed by atoms with E-state index in [1.807, 2.05) is 55.6 Å². The van der Waals surface area contributed by atoms with Crippen molar-refractivity contribution in [3.63, 3.8) is 0 Å². The quantitative estimate of drug-likeness (QED) is 0.626. The number of anilines is 2. The van der Waals surface area contributed by atoms with Gasteiger partial charge in [0.1, 0.15) is 5.76 Å². The zero-order valence-corrected chi connectivity index (χ0v) is 15.1. The largest absolute Gasteiger partial charge is 0.467 e. The Bertz CT molecular complexity index is 808. The summed E-state index contributed by atoms with van der Waals surface area (Å²) in [4.78, 5) is 16.4. The molecule has 6 heteroatoms. The smallest absolute Gasteiger partial charge is 0.224 e. The number of benzene rings is 1. The maximum absolute atomic E-state index is 11.8. The highest BCUT2D eigenvalue weighted by Crippen LogP contribution is 2.26. The van der Waals surface area contributed by atoms with Gasteiger partial charge < -0.3 is 15.1 Å². The zero-order chi connectivity index (χ0) is 17.6. The van der Waals surface area contributed by atoms with Gasteiger partial charge in [0.15, 0.2) is 5.13 Å². The Balaban J connectivity index is 1.59. The minimum absolute atomic E-state index is 0.0424. The number of thiazole rings is 1. The lowest BCUT2D eigenvalue weighted by atomic mass is 10.1. The molecule has 0 radical (unpaired) electrons. The summed E-state index contributed by atoms with van der Waals surface area (Å²) in [5, 5.41) is 9.02. The average Bonchev–Trinajstić information content (AvgIpc) is 3.24. The molecule has 2 aromatic heterocycles. The van der Waals surface area contributed by atoms with Crippen LogP contribution in [0.3, 0.4) is 0 Å². The molecule has 0 bridgehead atoms. The summed E-state index contributed by atoms with van der Waals surface area (Å²) in [5.41, 5.74) is 2.73. The molecule has 2 N–H and O–H groups in total. The molecule has 0 aliphatic carbocycles. The molecule has 3 aromatic rings. The van der Waals surface area contributed by atoms with Gasteiger partial charge in [-0.25, -0.2) is 4.98 Å². The fourth-order valence-electron chi connectivity index (χ4n) is 2.37. The fourth-order valence-corrected chi connectivity index (χ4v) is 3.09. The van der Waals surface area contributed by atoms with E-state index in [9.17, 15) is 4.79 Å².